The lowest BCUT2D eigenvalue weighted by atomic mass is 9.83. The maximum absolute atomic E-state index is 12.4. The van der Waals surface area contributed by atoms with Crippen LogP contribution in [0.25, 0.3) is 10.4 Å². The Balaban J connectivity index is 2.05. The Kier molecular flexibility index (Phi) is 6.16. The number of carboxylic acids is 1. The first-order valence-electron chi connectivity index (χ1n) is 9.33. The van der Waals surface area contributed by atoms with Crippen molar-refractivity contribution in [3.05, 3.63) is 41.3 Å². The number of thiophene rings is 1. The molecule has 0 spiro atoms. The summed E-state index contributed by atoms with van der Waals surface area (Å²) >= 11 is 1.40. The van der Waals surface area contributed by atoms with Crippen LogP contribution in [-0.2, 0) is 9.53 Å². The first-order valence-corrected chi connectivity index (χ1v) is 10.2. The van der Waals surface area contributed by atoms with E-state index in [1.165, 1.54) is 18.4 Å². The Morgan fingerprint density at radius 3 is 2.56 bits per heavy atom. The van der Waals surface area contributed by atoms with Gasteiger partial charge >= 0.3 is 11.9 Å². The number of rotatable bonds is 6. The third-order valence-electron chi connectivity index (χ3n) is 5.24. The second-order valence-electron chi connectivity index (χ2n) is 6.77. The molecule has 0 saturated heterocycles. The fourth-order valence-corrected chi connectivity index (χ4v) is 5.03. The average molecular weight is 388 g/mol. The summed E-state index contributed by atoms with van der Waals surface area (Å²) in [4.78, 5) is 27.8. The van der Waals surface area contributed by atoms with Gasteiger partial charge in [-0.15, -0.1) is 11.3 Å². The van der Waals surface area contributed by atoms with Crippen LogP contribution in [0.2, 0.25) is 0 Å². The van der Waals surface area contributed by atoms with Crippen LogP contribution in [0.3, 0.4) is 0 Å². The van der Waals surface area contributed by atoms with Crippen molar-refractivity contribution in [2.75, 3.05) is 18.6 Å². The van der Waals surface area contributed by atoms with Gasteiger partial charge in [-0.05, 0) is 31.4 Å². The van der Waals surface area contributed by atoms with Gasteiger partial charge in [0.25, 0.3) is 0 Å². The summed E-state index contributed by atoms with van der Waals surface area (Å²) in [6.45, 7) is 2.65. The monoisotopic (exact) mass is 387 g/mol. The van der Waals surface area contributed by atoms with Gasteiger partial charge < -0.3 is 14.7 Å². The van der Waals surface area contributed by atoms with Gasteiger partial charge in [-0.1, -0.05) is 43.2 Å². The van der Waals surface area contributed by atoms with Gasteiger partial charge in [-0.3, -0.25) is 4.79 Å². The molecule has 0 bridgehead atoms. The number of aliphatic carboxylic acids is 1. The van der Waals surface area contributed by atoms with E-state index in [4.69, 9.17) is 4.74 Å². The number of esters is 1. The fourth-order valence-electron chi connectivity index (χ4n) is 3.93. The topological polar surface area (TPSA) is 66.8 Å². The first-order chi connectivity index (χ1) is 13.1. The molecule has 2 aromatic rings. The Morgan fingerprint density at radius 2 is 1.93 bits per heavy atom. The number of carboxylic acid groups (broad SMARTS) is 1. The zero-order valence-corrected chi connectivity index (χ0v) is 16.5. The lowest BCUT2D eigenvalue weighted by Crippen LogP contribution is -2.46. The molecular weight excluding hydrogens is 362 g/mol. The number of nitrogens with zero attached hydrogens (tertiary/aromatic N) is 1. The summed E-state index contributed by atoms with van der Waals surface area (Å²) in [6.07, 6.45) is 3.45. The van der Waals surface area contributed by atoms with E-state index in [0.717, 1.165) is 35.4 Å². The molecule has 1 N–H and O–H groups in total. The maximum Gasteiger partial charge on any atom is 0.350 e. The van der Waals surface area contributed by atoms with E-state index in [9.17, 15) is 14.7 Å². The highest BCUT2D eigenvalue weighted by atomic mass is 32.1. The van der Waals surface area contributed by atoms with Crippen LogP contribution in [0.1, 0.15) is 42.3 Å². The van der Waals surface area contributed by atoms with Crippen LogP contribution in [0, 0.1) is 5.92 Å². The summed E-state index contributed by atoms with van der Waals surface area (Å²) in [7, 11) is 1.38. The van der Waals surface area contributed by atoms with Gasteiger partial charge in [-0.2, -0.15) is 0 Å². The molecule has 1 aromatic heterocycles. The minimum Gasteiger partial charge on any atom is -0.481 e. The third kappa shape index (κ3) is 4.00. The SMILES string of the molecule is CCN(c1cc(-c2ccccc2)sc1C(=O)OC)C1CCCCC1C(=O)O. The molecular formula is C21H25NO4S. The van der Waals surface area contributed by atoms with Crippen molar-refractivity contribution in [1.82, 2.24) is 0 Å². The van der Waals surface area contributed by atoms with Gasteiger partial charge in [0.05, 0.1) is 18.7 Å². The summed E-state index contributed by atoms with van der Waals surface area (Å²) in [6, 6.07) is 11.8. The molecule has 6 heteroatoms. The molecule has 1 aromatic carbocycles. The van der Waals surface area contributed by atoms with Crippen molar-refractivity contribution in [2.45, 2.75) is 38.6 Å². The molecule has 1 heterocycles. The molecule has 1 saturated carbocycles. The summed E-state index contributed by atoms with van der Waals surface area (Å²) in [5, 5.41) is 9.69. The minimum absolute atomic E-state index is 0.108. The van der Waals surface area contributed by atoms with Gasteiger partial charge in [0.2, 0.25) is 0 Å². The molecule has 1 aliphatic carbocycles. The maximum atomic E-state index is 12.4. The van der Waals surface area contributed by atoms with E-state index in [1.54, 1.807) is 0 Å². The molecule has 0 amide bonds. The van der Waals surface area contributed by atoms with Crippen LogP contribution < -0.4 is 4.90 Å². The van der Waals surface area contributed by atoms with Crippen molar-refractivity contribution in [3.8, 4) is 10.4 Å². The first kappa shape index (κ1) is 19.4. The molecule has 1 aliphatic rings. The van der Waals surface area contributed by atoms with E-state index in [-0.39, 0.29) is 12.0 Å². The second kappa shape index (κ2) is 8.57. The molecule has 0 aliphatic heterocycles. The Hall–Kier alpha value is -2.34. The van der Waals surface area contributed by atoms with Crippen molar-refractivity contribution in [2.24, 2.45) is 5.92 Å². The Bertz CT molecular complexity index is 802. The van der Waals surface area contributed by atoms with Crippen LogP contribution in [0.4, 0.5) is 5.69 Å². The van der Waals surface area contributed by atoms with Crippen molar-refractivity contribution in [3.63, 3.8) is 0 Å². The molecule has 1 fully saturated rings. The zero-order chi connectivity index (χ0) is 19.4. The highest BCUT2D eigenvalue weighted by Gasteiger charge is 2.36. The number of ether oxygens (including phenoxy) is 1. The molecule has 27 heavy (non-hydrogen) atoms. The van der Waals surface area contributed by atoms with Gasteiger partial charge in [0, 0.05) is 17.5 Å². The van der Waals surface area contributed by atoms with Crippen molar-refractivity contribution < 1.29 is 19.4 Å². The highest BCUT2D eigenvalue weighted by molar-refractivity contribution is 7.18. The minimum atomic E-state index is -0.753. The fraction of sp³-hybridized carbons (Fsp3) is 0.429. The number of hydrogen-bond donors (Lipinski definition) is 1. The van der Waals surface area contributed by atoms with E-state index in [1.807, 2.05) is 43.3 Å². The normalized spacial score (nSPS) is 19.5. The molecule has 144 valence electrons. The lowest BCUT2D eigenvalue weighted by Gasteiger charge is -2.39. The predicted molar refractivity (Wildman–Crippen MR) is 107 cm³/mol. The number of methoxy groups -OCH3 is 1. The molecule has 5 nitrogen and oxygen atoms in total. The van der Waals surface area contributed by atoms with Crippen LogP contribution in [-0.4, -0.2) is 36.7 Å². The van der Waals surface area contributed by atoms with Gasteiger partial charge in [0.1, 0.15) is 4.88 Å². The van der Waals surface area contributed by atoms with Gasteiger partial charge in [0.15, 0.2) is 0 Å². The summed E-state index contributed by atoms with van der Waals surface area (Å²) in [5.74, 6) is -1.54. The quantitative estimate of drug-likeness (QED) is 0.730. The standard InChI is InChI=1S/C21H25NO4S/c1-3-22(16-12-8-7-11-15(16)20(23)24)17-13-18(14-9-5-4-6-10-14)27-19(17)21(25)26-2/h4-6,9-10,13,15-16H,3,7-8,11-12H2,1-2H3,(H,23,24). The van der Waals surface area contributed by atoms with Crippen LogP contribution in [0.15, 0.2) is 36.4 Å². The molecule has 0 radical (unpaired) electrons. The highest BCUT2D eigenvalue weighted by Crippen LogP contribution is 2.40. The average Bonchev–Trinajstić information content (AvgIpc) is 3.14. The number of carbonyl (C=O) groups excluding carboxylic acids is 1. The van der Waals surface area contributed by atoms with Crippen LogP contribution in [0.5, 0.6) is 0 Å². The number of carbonyl (C=O) groups is 2. The molecule has 2 atom stereocenters. The smallest absolute Gasteiger partial charge is 0.350 e. The number of hydrogen-bond acceptors (Lipinski definition) is 5. The van der Waals surface area contributed by atoms with E-state index in [0.29, 0.717) is 17.8 Å². The van der Waals surface area contributed by atoms with Crippen molar-refractivity contribution in [1.29, 1.82) is 0 Å². The van der Waals surface area contributed by atoms with E-state index >= 15 is 0 Å². The lowest BCUT2D eigenvalue weighted by molar-refractivity contribution is -0.143. The van der Waals surface area contributed by atoms with Crippen LogP contribution >= 0.6 is 11.3 Å². The molecule has 2 unspecified atom stereocenters. The molecule has 3 rings (SSSR count). The third-order valence-corrected chi connectivity index (χ3v) is 6.39. The summed E-state index contributed by atoms with van der Waals surface area (Å²) < 4.78 is 5.01. The van der Waals surface area contributed by atoms with E-state index in [2.05, 4.69) is 4.90 Å². The Labute approximate surface area is 163 Å². The summed E-state index contributed by atoms with van der Waals surface area (Å²) in [5.41, 5.74) is 1.82. The number of anilines is 1. The van der Waals surface area contributed by atoms with E-state index < -0.39 is 11.9 Å². The van der Waals surface area contributed by atoms with Crippen molar-refractivity contribution >= 4 is 29.0 Å². The Morgan fingerprint density at radius 1 is 1.22 bits per heavy atom. The zero-order valence-electron chi connectivity index (χ0n) is 15.7. The predicted octanol–water partition coefficient (Wildman–Crippen LogP) is 4.67. The van der Waals surface area contributed by atoms with Gasteiger partial charge in [-0.25, -0.2) is 4.79 Å². The second-order valence-corrected chi connectivity index (χ2v) is 7.82. The largest absolute Gasteiger partial charge is 0.481 e. The number of benzene rings is 1.